The van der Waals surface area contributed by atoms with Crippen molar-refractivity contribution in [2.45, 2.75) is 12.7 Å². The molecule has 18 heteroatoms. The van der Waals surface area contributed by atoms with Gasteiger partial charge in [0.15, 0.2) is 11.5 Å². The Balaban J connectivity index is 0.000000762. The van der Waals surface area contributed by atoms with Gasteiger partial charge < -0.3 is 20.5 Å². The van der Waals surface area contributed by atoms with E-state index in [0.29, 0.717) is 18.2 Å². The molecule has 0 radical (unpaired) electrons. The first-order valence-corrected chi connectivity index (χ1v) is 9.38. The third-order valence-electron chi connectivity index (χ3n) is 3.57. The number of methoxy groups -OCH3 is 1. The quantitative estimate of drug-likeness (QED) is 0.0886. The summed E-state index contributed by atoms with van der Waals surface area (Å²) in [6.45, 7) is 0.784. The van der Waals surface area contributed by atoms with Crippen LogP contribution in [0.3, 0.4) is 0 Å². The van der Waals surface area contributed by atoms with Gasteiger partial charge in [-0.3, -0.25) is 10.6 Å². The normalized spacial score (nSPS) is 11.1. The molecule has 2 rings (SSSR count). The summed E-state index contributed by atoms with van der Waals surface area (Å²) in [5, 5.41) is 47.3. The van der Waals surface area contributed by atoms with Gasteiger partial charge in [-0.25, -0.2) is 18.9 Å². The van der Waals surface area contributed by atoms with Gasteiger partial charge in [0.2, 0.25) is 12.2 Å². The van der Waals surface area contributed by atoms with Crippen molar-refractivity contribution in [2.75, 3.05) is 25.3 Å². The highest BCUT2D eigenvalue weighted by atomic mass is 35.5. The van der Waals surface area contributed by atoms with Gasteiger partial charge in [0.1, 0.15) is 11.5 Å². The fraction of sp³-hybridized carbons (Fsp3) is 0.294. The summed E-state index contributed by atoms with van der Waals surface area (Å²) in [5.41, 5.74) is 0.131. The minimum Gasteiger partial charge on any atom is -0.475 e. The summed E-state index contributed by atoms with van der Waals surface area (Å²) in [6, 6.07) is 3.43. The number of ether oxygens (including phenoxy) is 1. The number of halogens is 5. The number of nitriles is 1. The first-order chi connectivity index (χ1) is 16.4. The van der Waals surface area contributed by atoms with Gasteiger partial charge in [-0.2, -0.15) is 18.4 Å². The number of benzene rings is 1. The largest absolute Gasteiger partial charge is 0.490 e. The highest BCUT2D eigenvalue weighted by Gasteiger charge is 2.38. The van der Waals surface area contributed by atoms with E-state index in [1.165, 1.54) is 13.2 Å². The van der Waals surface area contributed by atoms with Crippen molar-refractivity contribution >= 4 is 35.1 Å². The van der Waals surface area contributed by atoms with E-state index in [1.807, 2.05) is 0 Å². The molecular weight excluding hydrogens is 508 g/mol. The van der Waals surface area contributed by atoms with Crippen LogP contribution in [0.1, 0.15) is 11.4 Å². The molecular formula is C17H17ClF4N8O5. The highest BCUT2D eigenvalue weighted by Crippen LogP contribution is 2.23. The summed E-state index contributed by atoms with van der Waals surface area (Å²) in [4.78, 5) is 12.5. The number of aliphatic carboxylic acids is 1. The lowest BCUT2D eigenvalue weighted by Gasteiger charge is -2.17. The molecule has 0 unspecified atom stereocenters. The third kappa shape index (κ3) is 9.40. The van der Waals surface area contributed by atoms with E-state index in [-0.39, 0.29) is 34.6 Å². The predicted octanol–water partition coefficient (Wildman–Crippen LogP) is 1.88. The van der Waals surface area contributed by atoms with E-state index in [2.05, 4.69) is 30.6 Å². The topological polar surface area (TPSA) is 193 Å². The number of anilines is 1. The SMILES string of the molecule is COCCN/C(=N\C#N)NCc1nonc1C(=N)N(O)c1ccc(F)c(Cl)c1.O=C(O)C(F)(F)F. The number of amidine groups is 1. The molecule has 35 heavy (non-hydrogen) atoms. The van der Waals surface area contributed by atoms with Gasteiger partial charge >= 0.3 is 12.1 Å². The molecule has 0 amide bonds. The van der Waals surface area contributed by atoms with E-state index in [1.54, 1.807) is 6.19 Å². The fourth-order valence-electron chi connectivity index (χ4n) is 1.98. The fourth-order valence-corrected chi connectivity index (χ4v) is 2.15. The molecule has 5 N–H and O–H groups in total. The van der Waals surface area contributed by atoms with E-state index < -0.39 is 23.8 Å². The van der Waals surface area contributed by atoms with Crippen LogP contribution in [0.2, 0.25) is 5.02 Å². The molecule has 0 aliphatic rings. The van der Waals surface area contributed by atoms with Crippen molar-refractivity contribution in [3.8, 4) is 6.19 Å². The van der Waals surface area contributed by atoms with Crippen molar-refractivity contribution in [1.82, 2.24) is 20.9 Å². The van der Waals surface area contributed by atoms with Gasteiger partial charge in [-0.05, 0) is 23.4 Å². The highest BCUT2D eigenvalue weighted by molar-refractivity contribution is 6.31. The van der Waals surface area contributed by atoms with Crippen LogP contribution in [0.5, 0.6) is 0 Å². The summed E-state index contributed by atoms with van der Waals surface area (Å²) in [6.07, 6.45) is -3.44. The van der Waals surface area contributed by atoms with E-state index in [0.717, 1.165) is 12.1 Å². The second kappa shape index (κ2) is 13.6. The standard InChI is InChI=1S/C15H16ClFN8O3.C2HF3O2/c1-27-5-4-20-15(22-8-18)21-7-12-13(24-28-23-12)14(19)25(26)9-2-3-11(17)10(16)6-9;3-2(4,5)1(6)7/h2-3,6,19,26H,4-5,7H2,1H3,(H2,20,21,22);(H,6,7). The number of aliphatic imine (C=N–C) groups is 1. The smallest absolute Gasteiger partial charge is 0.475 e. The Morgan fingerprint density at radius 2 is 2.06 bits per heavy atom. The molecule has 0 aliphatic carbocycles. The number of alkyl halides is 3. The lowest BCUT2D eigenvalue weighted by atomic mass is 10.2. The van der Waals surface area contributed by atoms with Gasteiger partial charge in [0, 0.05) is 13.7 Å². The Hall–Kier alpha value is -4.01. The first-order valence-electron chi connectivity index (χ1n) is 9.00. The molecule has 0 atom stereocenters. The molecule has 190 valence electrons. The molecule has 13 nitrogen and oxygen atoms in total. The molecule has 0 saturated heterocycles. The number of nitrogens with zero attached hydrogens (tertiary/aromatic N) is 5. The van der Waals surface area contributed by atoms with Gasteiger partial charge in [0.25, 0.3) is 0 Å². The number of rotatable bonds is 7. The van der Waals surface area contributed by atoms with Crippen molar-refractivity contribution in [2.24, 2.45) is 4.99 Å². The predicted molar refractivity (Wildman–Crippen MR) is 110 cm³/mol. The number of guanidine groups is 1. The lowest BCUT2D eigenvalue weighted by Crippen LogP contribution is -2.39. The maximum atomic E-state index is 13.3. The van der Waals surface area contributed by atoms with Crippen LogP contribution in [0.25, 0.3) is 0 Å². The number of carboxylic acid groups (broad SMARTS) is 1. The summed E-state index contributed by atoms with van der Waals surface area (Å²) < 4.78 is 54.5. The Kier molecular flexibility index (Phi) is 11.3. The van der Waals surface area contributed by atoms with E-state index in [4.69, 9.17) is 36.9 Å². The maximum Gasteiger partial charge on any atom is 0.490 e. The maximum absolute atomic E-state index is 13.3. The number of carbonyl (C=O) groups is 1. The summed E-state index contributed by atoms with van der Waals surface area (Å²) >= 11 is 5.69. The van der Waals surface area contributed by atoms with Crippen LogP contribution in [0, 0.1) is 22.7 Å². The Bertz CT molecular complexity index is 1090. The molecule has 1 aromatic heterocycles. The lowest BCUT2D eigenvalue weighted by molar-refractivity contribution is -0.192. The second-order valence-electron chi connectivity index (χ2n) is 5.95. The first kappa shape index (κ1) is 29.0. The van der Waals surface area contributed by atoms with Crippen molar-refractivity contribution < 1.29 is 42.0 Å². The zero-order valence-corrected chi connectivity index (χ0v) is 18.4. The molecule has 0 bridgehead atoms. The van der Waals surface area contributed by atoms with E-state index in [9.17, 15) is 22.8 Å². The van der Waals surface area contributed by atoms with Crippen LogP contribution >= 0.6 is 11.6 Å². The van der Waals surface area contributed by atoms with Crippen LogP contribution in [0.15, 0.2) is 27.8 Å². The summed E-state index contributed by atoms with van der Waals surface area (Å²) in [5.74, 6) is -3.74. The monoisotopic (exact) mass is 524 g/mol. The second-order valence-corrected chi connectivity index (χ2v) is 6.36. The molecule has 0 spiro atoms. The average molecular weight is 525 g/mol. The number of carboxylic acids is 1. The van der Waals surface area contributed by atoms with Crippen molar-refractivity contribution in [3.63, 3.8) is 0 Å². The zero-order chi connectivity index (χ0) is 26.6. The molecule has 0 aliphatic heterocycles. The number of hydroxylamine groups is 1. The van der Waals surface area contributed by atoms with Crippen LogP contribution in [-0.4, -0.2) is 64.8 Å². The number of hydrogen-bond acceptors (Lipinski definition) is 9. The van der Waals surface area contributed by atoms with Crippen LogP contribution in [-0.2, 0) is 16.1 Å². The number of aromatic nitrogens is 2. The summed E-state index contributed by atoms with van der Waals surface area (Å²) in [7, 11) is 1.53. The minimum atomic E-state index is -5.08. The molecule has 0 saturated carbocycles. The van der Waals surface area contributed by atoms with Crippen LogP contribution in [0.4, 0.5) is 23.2 Å². The minimum absolute atomic E-state index is 0.0142. The average Bonchev–Trinajstić information content (AvgIpc) is 3.27. The Labute approximate surface area is 199 Å². The Morgan fingerprint density at radius 3 is 2.60 bits per heavy atom. The number of nitrogens with one attached hydrogen (secondary N) is 3. The van der Waals surface area contributed by atoms with Gasteiger partial charge in [0.05, 0.1) is 23.9 Å². The molecule has 1 aromatic carbocycles. The van der Waals surface area contributed by atoms with Crippen molar-refractivity contribution in [3.05, 3.63) is 40.4 Å². The zero-order valence-electron chi connectivity index (χ0n) is 17.6. The third-order valence-corrected chi connectivity index (χ3v) is 3.86. The van der Waals surface area contributed by atoms with Crippen molar-refractivity contribution in [1.29, 1.82) is 10.7 Å². The molecule has 0 fully saturated rings. The number of hydrogen-bond donors (Lipinski definition) is 5. The van der Waals surface area contributed by atoms with Gasteiger partial charge in [-0.1, -0.05) is 16.8 Å². The van der Waals surface area contributed by atoms with Crippen LogP contribution < -0.4 is 15.7 Å². The van der Waals surface area contributed by atoms with E-state index >= 15 is 0 Å². The Morgan fingerprint density at radius 1 is 1.40 bits per heavy atom. The molecule has 2 aromatic rings. The molecule has 1 heterocycles. The van der Waals surface area contributed by atoms with Gasteiger partial charge in [-0.15, -0.1) is 4.99 Å².